The minimum Gasteiger partial charge on any atom is -0.488 e. The summed E-state index contributed by atoms with van der Waals surface area (Å²) in [7, 11) is 0. The van der Waals surface area contributed by atoms with Gasteiger partial charge in [-0.2, -0.15) is 0 Å². The number of aromatic nitrogens is 1. The SMILES string of the molecule is Cc1cc(SCC(=O)OCCOc2ccccc2Cl)nc2ccccc12. The van der Waals surface area contributed by atoms with Gasteiger partial charge in [0, 0.05) is 5.39 Å². The van der Waals surface area contributed by atoms with E-state index in [4.69, 9.17) is 21.1 Å². The van der Waals surface area contributed by atoms with E-state index < -0.39 is 0 Å². The van der Waals surface area contributed by atoms with Crippen molar-refractivity contribution in [3.63, 3.8) is 0 Å². The molecule has 1 aromatic heterocycles. The molecule has 3 rings (SSSR count). The largest absolute Gasteiger partial charge is 0.488 e. The highest BCUT2D eigenvalue weighted by Gasteiger charge is 2.08. The van der Waals surface area contributed by atoms with Gasteiger partial charge in [0.15, 0.2) is 0 Å². The van der Waals surface area contributed by atoms with Gasteiger partial charge < -0.3 is 9.47 Å². The molecule has 0 aliphatic rings. The van der Waals surface area contributed by atoms with Crippen LogP contribution in [0.1, 0.15) is 5.56 Å². The number of benzene rings is 2. The molecule has 0 fully saturated rings. The van der Waals surface area contributed by atoms with Crippen LogP contribution in [0.15, 0.2) is 59.6 Å². The summed E-state index contributed by atoms with van der Waals surface area (Å²) in [5, 5.41) is 2.47. The monoisotopic (exact) mass is 387 g/mol. The van der Waals surface area contributed by atoms with Crippen molar-refractivity contribution in [1.82, 2.24) is 4.98 Å². The fourth-order valence-corrected chi connectivity index (χ4v) is 3.40. The zero-order valence-corrected chi connectivity index (χ0v) is 15.8. The molecular formula is C20H18ClNO3S. The quantitative estimate of drug-likeness (QED) is 0.327. The van der Waals surface area contributed by atoms with Crippen LogP contribution in [0.4, 0.5) is 0 Å². The molecule has 2 aromatic carbocycles. The Morgan fingerprint density at radius 3 is 2.73 bits per heavy atom. The standard InChI is InChI=1S/C20H18ClNO3S/c1-14-12-19(22-17-8-4-2-6-15(14)17)26-13-20(23)25-11-10-24-18-9-5-3-7-16(18)21/h2-9,12H,10-11,13H2,1H3. The number of para-hydroxylation sites is 2. The number of ether oxygens (including phenoxy) is 2. The smallest absolute Gasteiger partial charge is 0.316 e. The van der Waals surface area contributed by atoms with Crippen molar-refractivity contribution in [2.75, 3.05) is 19.0 Å². The second-order valence-corrected chi connectivity index (χ2v) is 6.99. The summed E-state index contributed by atoms with van der Waals surface area (Å²) in [4.78, 5) is 16.5. The number of halogens is 1. The Balaban J connectivity index is 1.45. The lowest BCUT2D eigenvalue weighted by atomic mass is 10.1. The summed E-state index contributed by atoms with van der Waals surface area (Å²) in [6, 6.07) is 17.1. The predicted molar refractivity (Wildman–Crippen MR) is 105 cm³/mol. The molecule has 1 heterocycles. The Morgan fingerprint density at radius 2 is 1.88 bits per heavy atom. The normalized spacial score (nSPS) is 10.7. The maximum absolute atomic E-state index is 11.9. The first-order valence-corrected chi connectivity index (χ1v) is 9.52. The summed E-state index contributed by atoms with van der Waals surface area (Å²) in [5.41, 5.74) is 2.07. The number of aryl methyl sites for hydroxylation is 1. The molecule has 0 spiro atoms. The van der Waals surface area contributed by atoms with Crippen molar-refractivity contribution in [2.45, 2.75) is 11.9 Å². The number of carbonyl (C=O) groups excluding carboxylic acids is 1. The van der Waals surface area contributed by atoms with E-state index in [0.717, 1.165) is 21.5 Å². The highest BCUT2D eigenvalue weighted by molar-refractivity contribution is 7.99. The molecule has 0 radical (unpaired) electrons. The molecule has 3 aromatic rings. The highest BCUT2D eigenvalue weighted by atomic mass is 35.5. The Hall–Kier alpha value is -2.24. The van der Waals surface area contributed by atoms with E-state index in [1.54, 1.807) is 12.1 Å². The fourth-order valence-electron chi connectivity index (χ4n) is 2.44. The first-order valence-electron chi connectivity index (χ1n) is 8.15. The van der Waals surface area contributed by atoms with E-state index in [0.29, 0.717) is 10.8 Å². The van der Waals surface area contributed by atoms with E-state index in [-0.39, 0.29) is 24.9 Å². The minimum absolute atomic E-state index is 0.175. The topological polar surface area (TPSA) is 48.4 Å². The average Bonchev–Trinajstić information content (AvgIpc) is 2.65. The van der Waals surface area contributed by atoms with Crippen molar-refractivity contribution < 1.29 is 14.3 Å². The van der Waals surface area contributed by atoms with Crippen LogP contribution in [0.2, 0.25) is 5.02 Å². The number of fused-ring (bicyclic) bond motifs is 1. The van der Waals surface area contributed by atoms with Gasteiger partial charge in [0.1, 0.15) is 19.0 Å². The van der Waals surface area contributed by atoms with Crippen LogP contribution in [0.3, 0.4) is 0 Å². The number of esters is 1. The van der Waals surface area contributed by atoms with Crippen LogP contribution in [-0.4, -0.2) is 29.9 Å². The lowest BCUT2D eigenvalue weighted by Gasteiger charge is -2.09. The third-order valence-corrected chi connectivity index (χ3v) is 4.88. The van der Waals surface area contributed by atoms with Crippen LogP contribution < -0.4 is 4.74 Å². The van der Waals surface area contributed by atoms with Crippen LogP contribution in [-0.2, 0) is 9.53 Å². The van der Waals surface area contributed by atoms with Gasteiger partial charge in [-0.3, -0.25) is 4.79 Å². The Morgan fingerprint density at radius 1 is 1.12 bits per heavy atom. The third kappa shape index (κ3) is 4.90. The zero-order valence-electron chi connectivity index (χ0n) is 14.3. The summed E-state index contributed by atoms with van der Waals surface area (Å²) in [6.07, 6.45) is 0. The maximum atomic E-state index is 11.9. The number of rotatable bonds is 7. The van der Waals surface area contributed by atoms with Crippen molar-refractivity contribution in [3.05, 3.63) is 65.2 Å². The number of thioether (sulfide) groups is 1. The highest BCUT2D eigenvalue weighted by Crippen LogP contribution is 2.24. The van der Waals surface area contributed by atoms with Crippen LogP contribution in [0.25, 0.3) is 10.9 Å². The van der Waals surface area contributed by atoms with Gasteiger partial charge in [0.25, 0.3) is 0 Å². The van der Waals surface area contributed by atoms with Gasteiger partial charge >= 0.3 is 5.97 Å². The van der Waals surface area contributed by atoms with Crippen molar-refractivity contribution >= 4 is 40.2 Å². The number of hydrogen-bond acceptors (Lipinski definition) is 5. The van der Waals surface area contributed by atoms with Gasteiger partial charge in [0.2, 0.25) is 0 Å². The van der Waals surface area contributed by atoms with E-state index in [2.05, 4.69) is 4.98 Å². The summed E-state index contributed by atoms with van der Waals surface area (Å²) in [6.45, 7) is 2.47. The van der Waals surface area contributed by atoms with Gasteiger partial charge in [-0.1, -0.05) is 53.7 Å². The molecule has 0 N–H and O–H groups in total. The molecule has 26 heavy (non-hydrogen) atoms. The predicted octanol–water partition coefficient (Wildman–Crippen LogP) is 4.91. The molecule has 0 amide bonds. The molecule has 0 bridgehead atoms. The fraction of sp³-hybridized carbons (Fsp3) is 0.200. The number of pyridine rings is 1. The summed E-state index contributed by atoms with van der Waals surface area (Å²) in [5.74, 6) is 0.484. The molecule has 0 aliphatic carbocycles. The lowest BCUT2D eigenvalue weighted by Crippen LogP contribution is -2.14. The van der Waals surface area contributed by atoms with E-state index in [1.807, 2.05) is 49.4 Å². The first-order chi connectivity index (χ1) is 12.6. The summed E-state index contributed by atoms with van der Waals surface area (Å²) < 4.78 is 10.7. The van der Waals surface area contributed by atoms with Gasteiger partial charge in [-0.05, 0) is 36.8 Å². The van der Waals surface area contributed by atoms with Crippen LogP contribution in [0, 0.1) is 6.92 Å². The van der Waals surface area contributed by atoms with Crippen molar-refractivity contribution in [1.29, 1.82) is 0 Å². The molecule has 0 atom stereocenters. The Labute approximate surface area is 161 Å². The van der Waals surface area contributed by atoms with E-state index >= 15 is 0 Å². The van der Waals surface area contributed by atoms with E-state index in [9.17, 15) is 4.79 Å². The molecule has 134 valence electrons. The Bertz CT molecular complexity index is 916. The molecule has 0 unspecified atom stereocenters. The molecule has 4 nitrogen and oxygen atoms in total. The number of carbonyl (C=O) groups is 1. The van der Waals surface area contributed by atoms with Crippen LogP contribution in [0.5, 0.6) is 5.75 Å². The molecule has 0 saturated heterocycles. The van der Waals surface area contributed by atoms with E-state index in [1.165, 1.54) is 11.8 Å². The van der Waals surface area contributed by atoms with Crippen molar-refractivity contribution in [3.8, 4) is 5.75 Å². The molecule has 6 heteroatoms. The molecular weight excluding hydrogens is 370 g/mol. The zero-order chi connectivity index (χ0) is 18.4. The maximum Gasteiger partial charge on any atom is 0.316 e. The third-order valence-electron chi connectivity index (χ3n) is 3.68. The average molecular weight is 388 g/mol. The summed E-state index contributed by atoms with van der Waals surface area (Å²) >= 11 is 7.36. The molecule has 0 saturated carbocycles. The minimum atomic E-state index is -0.301. The van der Waals surface area contributed by atoms with Crippen molar-refractivity contribution in [2.24, 2.45) is 0 Å². The number of hydrogen-bond donors (Lipinski definition) is 0. The van der Waals surface area contributed by atoms with Crippen LogP contribution >= 0.6 is 23.4 Å². The van der Waals surface area contributed by atoms with Gasteiger partial charge in [-0.25, -0.2) is 4.98 Å². The second-order valence-electron chi connectivity index (χ2n) is 5.58. The first kappa shape index (κ1) is 18.5. The second kappa shape index (κ2) is 8.92. The van der Waals surface area contributed by atoms with Gasteiger partial charge in [0.05, 0.1) is 21.3 Å². The molecule has 0 aliphatic heterocycles. The number of nitrogens with zero attached hydrogens (tertiary/aromatic N) is 1. The Kier molecular flexibility index (Phi) is 6.36. The van der Waals surface area contributed by atoms with Gasteiger partial charge in [-0.15, -0.1) is 0 Å². The lowest BCUT2D eigenvalue weighted by molar-refractivity contribution is -0.141.